The number of nitrogens with zero attached hydrogens (tertiary/aromatic N) is 4. The summed E-state index contributed by atoms with van der Waals surface area (Å²) < 4.78 is 12.2. The lowest BCUT2D eigenvalue weighted by atomic mass is 9.92. The van der Waals surface area contributed by atoms with Crippen molar-refractivity contribution >= 4 is 17.9 Å². The SMILES string of the molecule is CC1C(Sc2ncccn2)OC(CN(C(=O)OCc2ccccc2)C2CC2)CC1N(C)C. The molecule has 32 heavy (non-hydrogen) atoms. The van der Waals surface area contributed by atoms with E-state index in [1.807, 2.05) is 41.3 Å². The summed E-state index contributed by atoms with van der Waals surface area (Å²) in [6, 6.07) is 12.2. The third kappa shape index (κ3) is 5.99. The Balaban J connectivity index is 1.42. The van der Waals surface area contributed by atoms with E-state index in [1.54, 1.807) is 24.2 Å². The van der Waals surface area contributed by atoms with Crippen LogP contribution in [-0.2, 0) is 16.1 Å². The first kappa shape index (κ1) is 23.0. The minimum absolute atomic E-state index is 0.0651. The van der Waals surface area contributed by atoms with Crippen LogP contribution in [0.15, 0.2) is 53.9 Å². The molecular weight excluding hydrogens is 424 g/mol. The number of hydrogen-bond donors (Lipinski definition) is 0. The molecule has 0 bridgehead atoms. The van der Waals surface area contributed by atoms with Crippen molar-refractivity contribution in [3.8, 4) is 0 Å². The molecule has 1 saturated carbocycles. The van der Waals surface area contributed by atoms with Gasteiger partial charge in [-0.15, -0.1) is 0 Å². The monoisotopic (exact) mass is 456 g/mol. The maximum absolute atomic E-state index is 12.9. The van der Waals surface area contributed by atoms with Crippen molar-refractivity contribution < 1.29 is 14.3 Å². The molecule has 7 nitrogen and oxygen atoms in total. The van der Waals surface area contributed by atoms with Gasteiger partial charge in [0.25, 0.3) is 0 Å². The third-order valence-corrected chi connectivity index (χ3v) is 7.32. The Morgan fingerprint density at radius 3 is 2.53 bits per heavy atom. The second-order valence-electron chi connectivity index (χ2n) is 8.83. The molecule has 0 spiro atoms. The highest BCUT2D eigenvalue weighted by atomic mass is 32.2. The maximum atomic E-state index is 12.9. The highest BCUT2D eigenvalue weighted by molar-refractivity contribution is 7.99. The van der Waals surface area contributed by atoms with E-state index < -0.39 is 0 Å². The molecule has 4 rings (SSSR count). The molecule has 1 aliphatic carbocycles. The molecular formula is C24H32N4O3S. The number of amides is 1. The van der Waals surface area contributed by atoms with Gasteiger partial charge < -0.3 is 19.3 Å². The van der Waals surface area contributed by atoms with Crippen LogP contribution in [0.5, 0.6) is 0 Å². The summed E-state index contributed by atoms with van der Waals surface area (Å²) >= 11 is 1.56. The largest absolute Gasteiger partial charge is 0.445 e. The summed E-state index contributed by atoms with van der Waals surface area (Å²) in [5.74, 6) is 0.300. The van der Waals surface area contributed by atoms with Gasteiger partial charge in [-0.05, 0) is 45.0 Å². The second-order valence-corrected chi connectivity index (χ2v) is 9.89. The topological polar surface area (TPSA) is 67.8 Å². The molecule has 2 heterocycles. The van der Waals surface area contributed by atoms with Crippen molar-refractivity contribution in [2.75, 3.05) is 20.6 Å². The Bertz CT molecular complexity index is 866. The molecule has 1 aromatic heterocycles. The molecule has 0 radical (unpaired) electrons. The normalized spacial score (nSPS) is 25.5. The van der Waals surface area contributed by atoms with Crippen LogP contribution in [0, 0.1) is 5.92 Å². The van der Waals surface area contributed by atoms with Crippen LogP contribution in [0.4, 0.5) is 4.79 Å². The van der Waals surface area contributed by atoms with Crippen molar-refractivity contribution in [3.63, 3.8) is 0 Å². The van der Waals surface area contributed by atoms with Gasteiger partial charge in [-0.1, -0.05) is 49.0 Å². The molecule has 172 valence electrons. The predicted molar refractivity (Wildman–Crippen MR) is 124 cm³/mol. The fourth-order valence-corrected chi connectivity index (χ4v) is 5.26. The number of thioether (sulfide) groups is 1. The molecule has 1 amide bonds. The molecule has 0 N–H and O–H groups in total. The summed E-state index contributed by atoms with van der Waals surface area (Å²) in [5, 5.41) is 0.712. The average molecular weight is 457 g/mol. The number of rotatable bonds is 8. The van der Waals surface area contributed by atoms with E-state index >= 15 is 0 Å². The number of ether oxygens (including phenoxy) is 2. The fourth-order valence-electron chi connectivity index (χ4n) is 4.20. The van der Waals surface area contributed by atoms with Gasteiger partial charge in [0.1, 0.15) is 12.0 Å². The van der Waals surface area contributed by atoms with E-state index in [9.17, 15) is 4.79 Å². The molecule has 8 heteroatoms. The summed E-state index contributed by atoms with van der Waals surface area (Å²) in [4.78, 5) is 25.8. The number of hydrogen-bond acceptors (Lipinski definition) is 7. The lowest BCUT2D eigenvalue weighted by molar-refractivity contribution is -0.0781. The van der Waals surface area contributed by atoms with Gasteiger partial charge in [0, 0.05) is 30.4 Å². The summed E-state index contributed by atoms with van der Waals surface area (Å²) in [6.07, 6.45) is 6.10. The average Bonchev–Trinajstić information content (AvgIpc) is 3.64. The molecule has 1 saturated heterocycles. The van der Waals surface area contributed by atoms with Gasteiger partial charge in [0.05, 0.1) is 12.6 Å². The molecule has 1 aromatic carbocycles. The highest BCUT2D eigenvalue weighted by Crippen LogP contribution is 2.38. The van der Waals surface area contributed by atoms with Gasteiger partial charge in [-0.25, -0.2) is 14.8 Å². The lowest BCUT2D eigenvalue weighted by Crippen LogP contribution is -2.52. The van der Waals surface area contributed by atoms with Crippen LogP contribution in [0.3, 0.4) is 0 Å². The number of aromatic nitrogens is 2. The zero-order valence-electron chi connectivity index (χ0n) is 19.0. The zero-order chi connectivity index (χ0) is 22.5. The van der Waals surface area contributed by atoms with Crippen LogP contribution < -0.4 is 0 Å². The van der Waals surface area contributed by atoms with Crippen LogP contribution in [0.25, 0.3) is 0 Å². The fraction of sp³-hybridized carbons (Fsp3) is 0.542. The number of carbonyl (C=O) groups is 1. The Morgan fingerprint density at radius 2 is 1.88 bits per heavy atom. The first-order valence-corrected chi connectivity index (χ1v) is 12.1. The maximum Gasteiger partial charge on any atom is 0.410 e. The van der Waals surface area contributed by atoms with Gasteiger partial charge in [0.2, 0.25) is 0 Å². The van der Waals surface area contributed by atoms with E-state index in [0.717, 1.165) is 24.8 Å². The van der Waals surface area contributed by atoms with Gasteiger partial charge >= 0.3 is 6.09 Å². The Kier molecular flexibility index (Phi) is 7.65. The van der Waals surface area contributed by atoms with Crippen molar-refractivity contribution in [1.29, 1.82) is 0 Å². The van der Waals surface area contributed by atoms with Crippen molar-refractivity contribution in [2.24, 2.45) is 5.92 Å². The third-order valence-electron chi connectivity index (χ3n) is 6.12. The summed E-state index contributed by atoms with van der Waals surface area (Å²) in [5.41, 5.74) is 0.913. The number of carbonyl (C=O) groups excluding carboxylic acids is 1. The van der Waals surface area contributed by atoms with Crippen molar-refractivity contribution in [1.82, 2.24) is 19.8 Å². The first-order chi connectivity index (χ1) is 15.5. The molecule has 2 aliphatic rings. The van der Waals surface area contributed by atoms with Crippen molar-refractivity contribution in [3.05, 3.63) is 54.4 Å². The van der Waals surface area contributed by atoms with Crippen molar-refractivity contribution in [2.45, 2.75) is 61.6 Å². The molecule has 4 atom stereocenters. The van der Waals surface area contributed by atoms with E-state index in [2.05, 4.69) is 35.9 Å². The minimum Gasteiger partial charge on any atom is -0.445 e. The predicted octanol–water partition coefficient (Wildman–Crippen LogP) is 4.05. The molecule has 1 aliphatic heterocycles. The van der Waals surface area contributed by atoms with Crippen LogP contribution in [0.1, 0.15) is 31.7 Å². The van der Waals surface area contributed by atoms with Gasteiger partial charge in [-0.3, -0.25) is 0 Å². The standard InChI is InChI=1S/C24H32N4O3S/c1-17-21(27(2)3)14-20(31-22(17)32-23-25-12-7-13-26-23)15-28(19-10-11-19)24(29)30-16-18-8-5-4-6-9-18/h4-9,12-13,17,19-22H,10-11,14-16H2,1-3H3. The van der Waals surface area contributed by atoms with Crippen LogP contribution in [0.2, 0.25) is 0 Å². The highest BCUT2D eigenvalue weighted by Gasteiger charge is 2.42. The van der Waals surface area contributed by atoms with E-state index in [1.165, 1.54) is 0 Å². The molecule has 2 fully saturated rings. The number of benzene rings is 1. The Morgan fingerprint density at radius 1 is 1.16 bits per heavy atom. The van der Waals surface area contributed by atoms with E-state index in [0.29, 0.717) is 23.7 Å². The Labute approximate surface area is 194 Å². The van der Waals surface area contributed by atoms with E-state index in [4.69, 9.17) is 9.47 Å². The van der Waals surface area contributed by atoms with E-state index in [-0.39, 0.29) is 30.3 Å². The summed E-state index contributed by atoms with van der Waals surface area (Å²) in [6.45, 7) is 3.05. The zero-order valence-corrected chi connectivity index (χ0v) is 19.8. The quantitative estimate of drug-likeness (QED) is 0.555. The van der Waals surface area contributed by atoms with Gasteiger partial charge in [0.15, 0.2) is 5.16 Å². The smallest absolute Gasteiger partial charge is 0.410 e. The molecule has 2 aromatic rings. The lowest BCUT2D eigenvalue weighted by Gasteiger charge is -2.43. The van der Waals surface area contributed by atoms with Crippen LogP contribution >= 0.6 is 11.8 Å². The summed E-state index contributed by atoms with van der Waals surface area (Å²) in [7, 11) is 4.22. The second kappa shape index (κ2) is 10.6. The van der Waals surface area contributed by atoms with Gasteiger partial charge in [-0.2, -0.15) is 0 Å². The van der Waals surface area contributed by atoms with Crippen LogP contribution in [-0.4, -0.2) is 70.1 Å². The minimum atomic E-state index is -0.254. The molecule has 4 unspecified atom stereocenters. The first-order valence-electron chi connectivity index (χ1n) is 11.2. The Hall–Kier alpha value is -2.16.